The monoisotopic (exact) mass is 376 g/mol. The second-order valence-electron chi connectivity index (χ2n) is 5.76. The molecule has 0 fully saturated rings. The fourth-order valence-electron chi connectivity index (χ4n) is 2.51. The summed E-state index contributed by atoms with van der Waals surface area (Å²) >= 11 is 0. The summed E-state index contributed by atoms with van der Waals surface area (Å²) in [6.07, 6.45) is 3.44. The van der Waals surface area contributed by atoms with Crippen molar-refractivity contribution in [3.8, 4) is 11.5 Å². The number of carbonyl (C=O) groups excluding carboxylic acids is 2. The number of carbonyl (C=O) groups is 2. The van der Waals surface area contributed by atoms with Crippen molar-refractivity contribution in [2.75, 3.05) is 33.3 Å². The van der Waals surface area contributed by atoms with E-state index in [0.717, 1.165) is 6.42 Å². The van der Waals surface area contributed by atoms with Crippen molar-refractivity contribution in [1.82, 2.24) is 5.32 Å². The Bertz CT molecular complexity index is 773. The number of furan rings is 1. The summed E-state index contributed by atoms with van der Waals surface area (Å²) in [6.45, 7) is 2.36. The van der Waals surface area contributed by atoms with Crippen molar-refractivity contribution >= 4 is 17.5 Å². The molecule has 2 aromatic rings. The predicted molar refractivity (Wildman–Crippen MR) is 99.6 cm³/mol. The van der Waals surface area contributed by atoms with Crippen LogP contribution >= 0.6 is 0 Å². The van der Waals surface area contributed by atoms with Gasteiger partial charge in [-0.25, -0.2) is 0 Å². The summed E-state index contributed by atoms with van der Waals surface area (Å²) in [5.74, 6) is -0.0617. The van der Waals surface area contributed by atoms with Gasteiger partial charge in [-0.05, 0) is 24.6 Å². The molecular formula is C19H24N2O6. The zero-order chi connectivity index (χ0) is 19.8. The first-order valence-electron chi connectivity index (χ1n) is 8.43. The molecule has 2 N–H and O–H groups in total. The number of hydrogen-bond donors (Lipinski definition) is 2. The lowest BCUT2D eigenvalue weighted by Crippen LogP contribution is -2.37. The highest BCUT2D eigenvalue weighted by Crippen LogP contribution is 2.37. The van der Waals surface area contributed by atoms with Gasteiger partial charge in [0.25, 0.3) is 11.8 Å². The van der Waals surface area contributed by atoms with Crippen molar-refractivity contribution in [2.45, 2.75) is 19.4 Å². The van der Waals surface area contributed by atoms with E-state index >= 15 is 0 Å². The predicted octanol–water partition coefficient (Wildman–Crippen LogP) is 2.70. The first kappa shape index (κ1) is 20.3. The molecule has 0 saturated heterocycles. The molecule has 146 valence electrons. The van der Waals surface area contributed by atoms with Gasteiger partial charge >= 0.3 is 0 Å². The Hall–Kier alpha value is -3.00. The number of methoxy groups -OCH3 is 3. The Morgan fingerprint density at radius 1 is 1.11 bits per heavy atom. The molecule has 1 unspecified atom stereocenters. The molecule has 27 heavy (non-hydrogen) atoms. The lowest BCUT2D eigenvalue weighted by atomic mass is 10.1. The Balaban J connectivity index is 2.33. The smallest absolute Gasteiger partial charge is 0.259 e. The van der Waals surface area contributed by atoms with Crippen molar-refractivity contribution in [3.63, 3.8) is 0 Å². The highest BCUT2D eigenvalue weighted by atomic mass is 16.5. The number of rotatable bonds is 9. The van der Waals surface area contributed by atoms with Gasteiger partial charge in [0.05, 0.1) is 44.4 Å². The molecule has 0 aliphatic carbocycles. The maximum absolute atomic E-state index is 12.6. The third kappa shape index (κ3) is 5.01. The number of hydrogen-bond acceptors (Lipinski definition) is 6. The van der Waals surface area contributed by atoms with E-state index in [1.807, 2.05) is 6.92 Å². The van der Waals surface area contributed by atoms with Crippen LogP contribution < -0.4 is 20.1 Å². The van der Waals surface area contributed by atoms with E-state index in [2.05, 4.69) is 10.6 Å². The maximum Gasteiger partial charge on any atom is 0.259 e. The zero-order valence-electron chi connectivity index (χ0n) is 15.8. The van der Waals surface area contributed by atoms with E-state index in [-0.39, 0.29) is 11.9 Å². The standard InChI is InChI=1S/C19H24N2O6/c1-5-14(11-24-2)20-19(23)13-8-15(17(26-4)16(9-13)25-3)21-18(22)12-6-7-27-10-12/h6-10,14H,5,11H2,1-4H3,(H,20,23)(H,21,22). The van der Waals surface area contributed by atoms with Crippen LogP contribution in [0.25, 0.3) is 0 Å². The average molecular weight is 376 g/mol. The third-order valence-corrected chi connectivity index (χ3v) is 3.97. The molecular weight excluding hydrogens is 352 g/mol. The molecule has 0 radical (unpaired) electrons. The lowest BCUT2D eigenvalue weighted by Gasteiger charge is -2.18. The first-order chi connectivity index (χ1) is 13.0. The van der Waals surface area contributed by atoms with Crippen molar-refractivity contribution in [3.05, 3.63) is 41.9 Å². The van der Waals surface area contributed by atoms with E-state index in [4.69, 9.17) is 18.6 Å². The van der Waals surface area contributed by atoms with Crippen molar-refractivity contribution in [1.29, 1.82) is 0 Å². The summed E-state index contributed by atoms with van der Waals surface area (Å²) in [4.78, 5) is 25.0. The Morgan fingerprint density at radius 2 is 1.89 bits per heavy atom. The Labute approximate surface area is 157 Å². The minimum absolute atomic E-state index is 0.125. The molecule has 1 aromatic heterocycles. The maximum atomic E-state index is 12.6. The van der Waals surface area contributed by atoms with Gasteiger partial charge in [-0.3, -0.25) is 9.59 Å². The third-order valence-electron chi connectivity index (χ3n) is 3.97. The second-order valence-corrected chi connectivity index (χ2v) is 5.76. The number of ether oxygens (including phenoxy) is 3. The van der Waals surface area contributed by atoms with Gasteiger partial charge < -0.3 is 29.3 Å². The topological polar surface area (TPSA) is 99.0 Å². The molecule has 0 bridgehead atoms. The molecule has 2 amide bonds. The fraction of sp³-hybridized carbons (Fsp3) is 0.368. The quantitative estimate of drug-likeness (QED) is 0.698. The van der Waals surface area contributed by atoms with Gasteiger partial charge in [0.1, 0.15) is 6.26 Å². The zero-order valence-corrected chi connectivity index (χ0v) is 15.8. The molecule has 0 spiro atoms. The number of amides is 2. The van der Waals surface area contributed by atoms with Crippen LogP contribution in [-0.4, -0.2) is 45.8 Å². The number of anilines is 1. The highest BCUT2D eigenvalue weighted by Gasteiger charge is 2.20. The van der Waals surface area contributed by atoms with Crippen LogP contribution in [0.15, 0.2) is 35.1 Å². The van der Waals surface area contributed by atoms with Crippen molar-refractivity contribution in [2.24, 2.45) is 0 Å². The largest absolute Gasteiger partial charge is 0.493 e. The molecule has 2 rings (SSSR count). The molecule has 0 aliphatic rings. The number of nitrogens with one attached hydrogen (secondary N) is 2. The Kier molecular flexibility index (Phi) is 7.25. The summed E-state index contributed by atoms with van der Waals surface area (Å²) in [5, 5.41) is 5.61. The minimum atomic E-state index is -0.396. The van der Waals surface area contributed by atoms with Gasteiger partial charge in [-0.2, -0.15) is 0 Å². The summed E-state index contributed by atoms with van der Waals surface area (Å²) in [7, 11) is 4.49. The molecule has 0 saturated carbocycles. The van der Waals surface area contributed by atoms with Crippen LogP contribution in [0.3, 0.4) is 0 Å². The summed E-state index contributed by atoms with van der Waals surface area (Å²) in [5.41, 5.74) is 0.981. The van der Waals surface area contributed by atoms with E-state index in [0.29, 0.717) is 34.9 Å². The van der Waals surface area contributed by atoms with E-state index in [1.54, 1.807) is 13.2 Å². The average Bonchev–Trinajstić information content (AvgIpc) is 3.21. The van der Waals surface area contributed by atoms with Crippen molar-refractivity contribution < 1.29 is 28.2 Å². The van der Waals surface area contributed by atoms with Crippen LogP contribution in [0.2, 0.25) is 0 Å². The lowest BCUT2D eigenvalue weighted by molar-refractivity contribution is 0.0893. The first-order valence-corrected chi connectivity index (χ1v) is 8.43. The molecule has 8 heteroatoms. The van der Waals surface area contributed by atoms with Gasteiger partial charge in [-0.1, -0.05) is 6.92 Å². The molecule has 8 nitrogen and oxygen atoms in total. The van der Waals surface area contributed by atoms with E-state index in [1.165, 1.54) is 38.9 Å². The summed E-state index contributed by atoms with van der Waals surface area (Å²) < 4.78 is 20.7. The minimum Gasteiger partial charge on any atom is -0.493 e. The van der Waals surface area contributed by atoms with Gasteiger partial charge in [-0.15, -0.1) is 0 Å². The van der Waals surface area contributed by atoms with Gasteiger partial charge in [0.2, 0.25) is 0 Å². The van der Waals surface area contributed by atoms with E-state index < -0.39 is 5.91 Å². The SMILES string of the molecule is CCC(COC)NC(=O)c1cc(NC(=O)c2ccoc2)c(OC)c(OC)c1. The summed E-state index contributed by atoms with van der Waals surface area (Å²) in [6, 6.07) is 4.50. The molecule has 1 heterocycles. The van der Waals surface area contributed by atoms with Gasteiger partial charge in [0.15, 0.2) is 11.5 Å². The second kappa shape index (κ2) is 9.63. The van der Waals surface area contributed by atoms with Gasteiger partial charge in [0, 0.05) is 12.7 Å². The van der Waals surface area contributed by atoms with Crippen LogP contribution in [0, 0.1) is 0 Å². The normalized spacial score (nSPS) is 11.6. The Morgan fingerprint density at radius 3 is 2.44 bits per heavy atom. The van der Waals surface area contributed by atoms with E-state index in [9.17, 15) is 9.59 Å². The van der Waals surface area contributed by atoms with Crippen LogP contribution in [-0.2, 0) is 4.74 Å². The molecule has 1 atom stereocenters. The highest BCUT2D eigenvalue weighted by molar-refractivity contribution is 6.06. The number of benzene rings is 1. The fourth-order valence-corrected chi connectivity index (χ4v) is 2.51. The van der Waals surface area contributed by atoms with Crippen LogP contribution in [0.5, 0.6) is 11.5 Å². The molecule has 0 aliphatic heterocycles. The van der Waals surface area contributed by atoms with Crippen LogP contribution in [0.1, 0.15) is 34.1 Å². The molecule has 1 aromatic carbocycles. The van der Waals surface area contributed by atoms with Crippen LogP contribution in [0.4, 0.5) is 5.69 Å².